The van der Waals surface area contributed by atoms with Crippen LogP contribution in [0.15, 0.2) is 34.8 Å². The summed E-state index contributed by atoms with van der Waals surface area (Å²) >= 11 is 3.45. The molecule has 0 unspecified atom stereocenters. The Hall–Kier alpha value is -1.46. The van der Waals surface area contributed by atoms with Gasteiger partial charge in [-0.2, -0.15) is 0 Å². The van der Waals surface area contributed by atoms with Gasteiger partial charge in [0.15, 0.2) is 0 Å². The molecule has 19 heavy (non-hydrogen) atoms. The first kappa shape index (κ1) is 12.6. The molecule has 4 nitrogen and oxygen atoms in total. The number of amides is 1. The van der Waals surface area contributed by atoms with E-state index in [0.29, 0.717) is 18.7 Å². The molecule has 1 heterocycles. The number of aliphatic hydroxyl groups is 1. The first-order valence-corrected chi connectivity index (χ1v) is 6.97. The summed E-state index contributed by atoms with van der Waals surface area (Å²) in [5.74, 6) is 0.390. The van der Waals surface area contributed by atoms with Crippen molar-refractivity contribution in [3.63, 3.8) is 0 Å². The number of hydrogen-bond acceptors (Lipinski definition) is 3. The molecule has 1 saturated carbocycles. The molecule has 1 aliphatic rings. The summed E-state index contributed by atoms with van der Waals surface area (Å²) in [4.78, 5) is 16.3. The molecule has 2 N–H and O–H groups in total. The lowest BCUT2D eigenvalue weighted by molar-refractivity contribution is -0.126. The standard InChI is InChI=1S/C14H13BrN2O2/c15-11-3-1-2-8-4-5-12(16-13(8)11)17-14(19)9-6-10(18)7-9/h1-5,9-10,18H,6-7H2,(H,16,17,19). The fourth-order valence-corrected chi connectivity index (χ4v) is 2.68. The van der Waals surface area contributed by atoms with E-state index in [-0.39, 0.29) is 17.9 Å². The summed E-state index contributed by atoms with van der Waals surface area (Å²) in [5, 5.41) is 13.0. The number of aliphatic hydroxyl groups excluding tert-OH is 1. The van der Waals surface area contributed by atoms with E-state index in [1.807, 2.05) is 24.3 Å². The second-order valence-electron chi connectivity index (χ2n) is 4.82. The molecule has 98 valence electrons. The Morgan fingerprint density at radius 1 is 1.32 bits per heavy atom. The Balaban J connectivity index is 1.81. The van der Waals surface area contributed by atoms with Crippen LogP contribution in [0.5, 0.6) is 0 Å². The van der Waals surface area contributed by atoms with Gasteiger partial charge in [-0.15, -0.1) is 0 Å². The Morgan fingerprint density at radius 3 is 2.84 bits per heavy atom. The summed E-state index contributed by atoms with van der Waals surface area (Å²) in [6.45, 7) is 0. The molecule has 0 saturated heterocycles. The van der Waals surface area contributed by atoms with Crippen molar-refractivity contribution in [3.8, 4) is 0 Å². The number of hydrogen-bond donors (Lipinski definition) is 2. The number of nitrogens with zero attached hydrogens (tertiary/aromatic N) is 1. The van der Waals surface area contributed by atoms with Crippen molar-refractivity contribution in [2.45, 2.75) is 18.9 Å². The lowest BCUT2D eigenvalue weighted by Gasteiger charge is -2.29. The molecule has 5 heteroatoms. The molecular weight excluding hydrogens is 308 g/mol. The number of pyridine rings is 1. The number of carbonyl (C=O) groups excluding carboxylic acids is 1. The van der Waals surface area contributed by atoms with Crippen LogP contribution in [0.4, 0.5) is 5.82 Å². The minimum atomic E-state index is -0.325. The average Bonchev–Trinajstić information content (AvgIpc) is 2.36. The van der Waals surface area contributed by atoms with Gasteiger partial charge in [0.05, 0.1) is 11.6 Å². The number of carbonyl (C=O) groups is 1. The van der Waals surface area contributed by atoms with E-state index in [2.05, 4.69) is 26.2 Å². The Kier molecular flexibility index (Phi) is 3.24. The van der Waals surface area contributed by atoms with Crippen molar-refractivity contribution in [1.29, 1.82) is 0 Å². The molecule has 0 atom stereocenters. The number of halogens is 1. The molecule has 2 aromatic rings. The minimum Gasteiger partial charge on any atom is -0.393 e. The third-order valence-corrected chi connectivity index (χ3v) is 4.05. The molecule has 1 aromatic carbocycles. The molecule has 0 bridgehead atoms. The maximum atomic E-state index is 11.9. The summed E-state index contributed by atoms with van der Waals surface area (Å²) in [6.07, 6.45) is 0.765. The fraction of sp³-hybridized carbons (Fsp3) is 0.286. The van der Waals surface area contributed by atoms with Crippen LogP contribution in [0, 0.1) is 5.92 Å². The van der Waals surface area contributed by atoms with Crippen LogP contribution in [-0.4, -0.2) is 22.1 Å². The van der Waals surface area contributed by atoms with Gasteiger partial charge in [-0.05, 0) is 47.0 Å². The van der Waals surface area contributed by atoms with E-state index in [0.717, 1.165) is 15.4 Å². The predicted molar refractivity (Wildman–Crippen MR) is 76.8 cm³/mol. The van der Waals surface area contributed by atoms with Crippen LogP contribution in [0.25, 0.3) is 10.9 Å². The van der Waals surface area contributed by atoms with Crippen molar-refractivity contribution in [2.75, 3.05) is 5.32 Å². The number of aromatic nitrogens is 1. The van der Waals surface area contributed by atoms with Crippen LogP contribution in [0.3, 0.4) is 0 Å². The number of fused-ring (bicyclic) bond motifs is 1. The number of para-hydroxylation sites is 1. The third kappa shape index (κ3) is 2.48. The summed E-state index contributed by atoms with van der Waals surface area (Å²) in [7, 11) is 0. The SMILES string of the molecule is O=C(Nc1ccc2cccc(Br)c2n1)C1CC(O)C1. The Morgan fingerprint density at radius 2 is 2.11 bits per heavy atom. The van der Waals surface area contributed by atoms with Gasteiger partial charge in [0.2, 0.25) is 5.91 Å². The molecule has 0 radical (unpaired) electrons. The summed E-state index contributed by atoms with van der Waals surface area (Å²) < 4.78 is 0.903. The van der Waals surface area contributed by atoms with E-state index in [1.54, 1.807) is 6.07 Å². The van der Waals surface area contributed by atoms with Gasteiger partial charge in [0.25, 0.3) is 0 Å². The van der Waals surface area contributed by atoms with Crippen LogP contribution in [0.2, 0.25) is 0 Å². The Labute approximate surface area is 119 Å². The van der Waals surface area contributed by atoms with Gasteiger partial charge in [0.1, 0.15) is 5.82 Å². The quantitative estimate of drug-likeness (QED) is 0.894. The van der Waals surface area contributed by atoms with Gasteiger partial charge in [-0.1, -0.05) is 12.1 Å². The van der Waals surface area contributed by atoms with Crippen molar-refractivity contribution >= 4 is 38.6 Å². The number of nitrogens with one attached hydrogen (secondary N) is 1. The maximum absolute atomic E-state index is 11.9. The fourth-order valence-electron chi connectivity index (χ4n) is 2.21. The van der Waals surface area contributed by atoms with Crippen LogP contribution < -0.4 is 5.32 Å². The van der Waals surface area contributed by atoms with Crippen molar-refractivity contribution < 1.29 is 9.90 Å². The highest BCUT2D eigenvalue weighted by Gasteiger charge is 2.33. The van der Waals surface area contributed by atoms with Gasteiger partial charge >= 0.3 is 0 Å². The van der Waals surface area contributed by atoms with E-state index in [4.69, 9.17) is 0 Å². The second-order valence-corrected chi connectivity index (χ2v) is 5.67. The molecule has 1 aliphatic carbocycles. The molecular formula is C14H13BrN2O2. The zero-order valence-electron chi connectivity index (χ0n) is 10.1. The van der Waals surface area contributed by atoms with Gasteiger partial charge in [-0.3, -0.25) is 4.79 Å². The van der Waals surface area contributed by atoms with E-state index < -0.39 is 0 Å². The minimum absolute atomic E-state index is 0.0656. The lowest BCUT2D eigenvalue weighted by atomic mass is 9.82. The van der Waals surface area contributed by atoms with E-state index in [1.165, 1.54) is 0 Å². The third-order valence-electron chi connectivity index (χ3n) is 3.41. The highest BCUT2D eigenvalue weighted by Crippen LogP contribution is 2.29. The van der Waals surface area contributed by atoms with Crippen molar-refractivity contribution in [1.82, 2.24) is 4.98 Å². The second kappa shape index (κ2) is 4.90. The molecule has 0 spiro atoms. The largest absolute Gasteiger partial charge is 0.393 e. The Bertz CT molecular complexity index is 638. The van der Waals surface area contributed by atoms with Crippen molar-refractivity contribution in [3.05, 3.63) is 34.8 Å². The summed E-state index contributed by atoms with van der Waals surface area (Å²) in [6, 6.07) is 9.56. The first-order chi connectivity index (χ1) is 9.13. The maximum Gasteiger partial charge on any atom is 0.228 e. The van der Waals surface area contributed by atoms with Gasteiger partial charge in [-0.25, -0.2) is 4.98 Å². The average molecular weight is 321 g/mol. The van der Waals surface area contributed by atoms with E-state index in [9.17, 15) is 9.90 Å². The predicted octanol–water partition coefficient (Wildman–Crippen LogP) is 2.71. The van der Waals surface area contributed by atoms with Crippen molar-refractivity contribution in [2.24, 2.45) is 5.92 Å². The van der Waals surface area contributed by atoms with Crippen LogP contribution >= 0.6 is 15.9 Å². The van der Waals surface area contributed by atoms with Crippen LogP contribution in [0.1, 0.15) is 12.8 Å². The zero-order valence-corrected chi connectivity index (χ0v) is 11.7. The van der Waals surface area contributed by atoms with Gasteiger partial charge in [0, 0.05) is 15.8 Å². The molecule has 1 fully saturated rings. The highest BCUT2D eigenvalue weighted by atomic mass is 79.9. The monoisotopic (exact) mass is 320 g/mol. The first-order valence-electron chi connectivity index (χ1n) is 6.17. The lowest BCUT2D eigenvalue weighted by Crippen LogP contribution is -2.37. The zero-order chi connectivity index (χ0) is 13.4. The topological polar surface area (TPSA) is 62.2 Å². The number of benzene rings is 1. The summed E-state index contributed by atoms with van der Waals surface area (Å²) in [5.41, 5.74) is 0.828. The van der Waals surface area contributed by atoms with E-state index >= 15 is 0 Å². The van der Waals surface area contributed by atoms with Crippen LogP contribution in [-0.2, 0) is 4.79 Å². The number of anilines is 1. The van der Waals surface area contributed by atoms with Gasteiger partial charge < -0.3 is 10.4 Å². The normalized spacial score (nSPS) is 22.0. The highest BCUT2D eigenvalue weighted by molar-refractivity contribution is 9.10. The molecule has 3 rings (SSSR count). The molecule has 1 amide bonds. The smallest absolute Gasteiger partial charge is 0.228 e. The molecule has 0 aliphatic heterocycles. The number of rotatable bonds is 2. The molecule has 1 aromatic heterocycles.